The summed E-state index contributed by atoms with van der Waals surface area (Å²) in [6.07, 6.45) is 0.896. The van der Waals surface area contributed by atoms with Gasteiger partial charge in [-0.1, -0.05) is 70.9 Å². The molecule has 0 heterocycles. The first-order valence-corrected chi connectivity index (χ1v) is 32.5. The zero-order valence-electron chi connectivity index (χ0n) is 51.7. The van der Waals surface area contributed by atoms with Gasteiger partial charge in [-0.3, -0.25) is 28.8 Å². The minimum absolute atomic E-state index is 0.00454. The van der Waals surface area contributed by atoms with Gasteiger partial charge in [-0.05, 0) is 62.6 Å². The second-order valence-electron chi connectivity index (χ2n) is 23.9. The maximum absolute atomic E-state index is 14.3. The number of carbonyl (C=O) groups is 12. The van der Waals surface area contributed by atoms with Crippen molar-refractivity contribution in [1.82, 2.24) is 26.6 Å². The fourth-order valence-corrected chi connectivity index (χ4v) is 12.0. The molecule has 0 unspecified atom stereocenters. The molecule has 8 atom stereocenters. The van der Waals surface area contributed by atoms with Crippen LogP contribution in [0.5, 0.6) is 5.75 Å². The number of nitrogens with two attached hydrogens (primary N) is 5. The molecule has 0 bridgehead atoms. The van der Waals surface area contributed by atoms with E-state index in [1.54, 1.807) is 30.3 Å². The fraction of sp³-hybridized carbons (Fsp3) is 0.619. The van der Waals surface area contributed by atoms with E-state index < -0.39 is 153 Å². The van der Waals surface area contributed by atoms with Crippen LogP contribution >= 0.6 is 0 Å². The van der Waals surface area contributed by atoms with Gasteiger partial charge in [0.25, 0.3) is 0 Å². The number of aromatic hydroxyl groups is 1. The predicted octanol–water partition coefficient (Wildman–Crippen LogP) is 1.80. The van der Waals surface area contributed by atoms with Crippen LogP contribution in [0.4, 0.5) is 0 Å². The molecular formula is C63H98N10O13Se. The molecule has 0 saturated carbocycles. The number of Topliss-reactive ketones (excluding diaryl/α,β-unsaturated/α-hetero) is 5. The van der Waals surface area contributed by atoms with Crippen LogP contribution in [0, 0.1) is 41.4 Å². The summed E-state index contributed by atoms with van der Waals surface area (Å²) in [4.78, 5) is 161. The standard InChI is InChI=1S/C63H98N10O13Se/c1-38(2)26-44(62(85)71-49(28-40(5)6)55(79)33-43(19-13-15-25-65)61(84)72-51(34-57(67)80)54(78)32-42(59(68)82)18-12-14-24-64)30-46(74)36-70-60(83)45(37-87-56-21-11-10-20-53(56)77)31-47(75)35-69-58(81)23-22-52(76)50(29-41-16-8-7-9-17-41)73-63(86)48(66)27-39(3)4/h7-11,16-17,20-21,38-40,42-45,48-51,77H,12-15,18-19,22-37,64-66H2,1-6H3,(H2,67,80)(H2,68,82)(H,69,81)(H,70,83)(H,71,85)(H,72,84)(H,73,86)/t42-,43-,44-,45+,48+,49+,50+,51+/m1/s1. The predicted molar refractivity (Wildman–Crippen MR) is 332 cm³/mol. The average molecular weight is 1280 g/mol. The third-order valence-electron chi connectivity index (χ3n) is 14.5. The van der Waals surface area contributed by atoms with Gasteiger partial charge in [-0.15, -0.1) is 0 Å². The van der Waals surface area contributed by atoms with Crippen molar-refractivity contribution in [2.45, 2.75) is 180 Å². The molecule has 7 amide bonds. The van der Waals surface area contributed by atoms with E-state index in [0.29, 0.717) is 49.7 Å². The molecule has 484 valence electrons. The van der Waals surface area contributed by atoms with Crippen LogP contribution in [0.25, 0.3) is 0 Å². The quantitative estimate of drug-likeness (QED) is 0.0332. The monoisotopic (exact) mass is 1280 g/mol. The molecule has 23 nitrogen and oxygen atoms in total. The van der Waals surface area contributed by atoms with E-state index in [4.69, 9.17) is 28.7 Å². The molecule has 24 heteroatoms. The summed E-state index contributed by atoms with van der Waals surface area (Å²) in [5.41, 5.74) is 29.3. The van der Waals surface area contributed by atoms with E-state index in [1.165, 1.54) is 6.07 Å². The Bertz CT molecular complexity index is 2590. The topological polar surface area (TPSA) is 415 Å². The number of rotatable bonds is 47. The smallest absolute Gasteiger partial charge is 0.370 e. The van der Waals surface area contributed by atoms with Gasteiger partial charge in [0.1, 0.15) is 0 Å². The molecule has 87 heavy (non-hydrogen) atoms. The first-order valence-electron chi connectivity index (χ1n) is 30.4. The van der Waals surface area contributed by atoms with E-state index in [2.05, 4.69) is 26.6 Å². The van der Waals surface area contributed by atoms with Crippen LogP contribution < -0.4 is 59.7 Å². The van der Waals surface area contributed by atoms with Crippen molar-refractivity contribution in [3.05, 3.63) is 60.2 Å². The summed E-state index contributed by atoms with van der Waals surface area (Å²) in [6.45, 7) is 10.9. The molecule has 2 rings (SSSR count). The van der Waals surface area contributed by atoms with E-state index in [-0.39, 0.29) is 99.5 Å². The zero-order valence-corrected chi connectivity index (χ0v) is 53.5. The van der Waals surface area contributed by atoms with Crippen molar-refractivity contribution in [2.24, 2.45) is 70.1 Å². The number of amides is 7. The van der Waals surface area contributed by atoms with Crippen molar-refractivity contribution >= 4 is 89.7 Å². The van der Waals surface area contributed by atoms with Gasteiger partial charge in [0.2, 0.25) is 23.6 Å². The SMILES string of the molecule is CC(C)C[C@H](CC(=O)CNC(=O)[C@H](C[Se]c1ccccc1O)CC(=O)CNC(=O)CCC(=O)[C@H](Cc1ccccc1)NC(=O)[C@@H](N)CC(C)C)C(=O)N[C@@H](CC(C)C)C(=O)C[C@@H](CCCCN)C(=O)N[C@@H](CC(N)=O)C(=O)C[C@@H](CCCCN)C(N)=O. The Labute approximate surface area is 519 Å². The van der Waals surface area contributed by atoms with Gasteiger partial charge in [-0.2, -0.15) is 0 Å². The Morgan fingerprint density at radius 2 is 1.02 bits per heavy atom. The van der Waals surface area contributed by atoms with Crippen molar-refractivity contribution < 1.29 is 62.6 Å². The number of hydrogen-bond acceptors (Lipinski definition) is 16. The van der Waals surface area contributed by atoms with Gasteiger partial charge in [0.05, 0.1) is 18.5 Å². The van der Waals surface area contributed by atoms with Crippen LogP contribution in [-0.4, -0.2) is 141 Å². The van der Waals surface area contributed by atoms with Gasteiger partial charge < -0.3 is 34.0 Å². The first-order chi connectivity index (χ1) is 41.1. The Morgan fingerprint density at radius 3 is 1.60 bits per heavy atom. The van der Waals surface area contributed by atoms with E-state index >= 15 is 0 Å². The Kier molecular flexibility index (Phi) is 36.4. The second-order valence-corrected chi connectivity index (χ2v) is 26.1. The summed E-state index contributed by atoms with van der Waals surface area (Å²) in [5.74, 6) is -11.2. The third kappa shape index (κ3) is 31.7. The zero-order chi connectivity index (χ0) is 65.2. The van der Waals surface area contributed by atoms with Crippen LogP contribution in [0.2, 0.25) is 5.32 Å². The third-order valence-corrected chi connectivity index (χ3v) is 17.1. The molecule has 0 fully saturated rings. The normalized spacial score (nSPS) is 14.1. The molecule has 0 aliphatic heterocycles. The molecule has 0 saturated heterocycles. The summed E-state index contributed by atoms with van der Waals surface area (Å²) in [5, 5.41) is 24.0. The average Bonchev–Trinajstić information content (AvgIpc) is 3.45. The molecule has 2 aromatic carbocycles. The van der Waals surface area contributed by atoms with Crippen molar-refractivity contribution in [2.75, 3.05) is 26.2 Å². The molecule has 0 spiro atoms. The van der Waals surface area contributed by atoms with Gasteiger partial charge >= 0.3 is 252 Å². The molecule has 0 aromatic heterocycles. The van der Waals surface area contributed by atoms with Crippen molar-refractivity contribution in [3.63, 3.8) is 0 Å². The summed E-state index contributed by atoms with van der Waals surface area (Å²) in [6, 6.07) is 11.3. The summed E-state index contributed by atoms with van der Waals surface area (Å²) >= 11 is -0.529. The van der Waals surface area contributed by atoms with Gasteiger partial charge in [-0.25, -0.2) is 0 Å². The number of unbranched alkanes of at least 4 members (excludes halogenated alkanes) is 2. The summed E-state index contributed by atoms with van der Waals surface area (Å²) in [7, 11) is 0. The number of phenols is 1. The Balaban J connectivity index is 2.23. The number of nitrogens with one attached hydrogen (secondary N) is 5. The number of primary amides is 2. The molecule has 0 radical (unpaired) electrons. The molecule has 2 aromatic rings. The first kappa shape index (κ1) is 76.4. The summed E-state index contributed by atoms with van der Waals surface area (Å²) < 4.78 is 0.567. The number of benzene rings is 2. The van der Waals surface area contributed by atoms with E-state index in [9.17, 15) is 62.6 Å². The number of carbonyl (C=O) groups excluding carboxylic acids is 12. The van der Waals surface area contributed by atoms with Gasteiger partial charge in [0, 0.05) is 24.7 Å². The maximum atomic E-state index is 14.3. The van der Waals surface area contributed by atoms with E-state index in [0.717, 1.165) is 5.56 Å². The number of para-hydroxylation sites is 1. The number of ketones is 5. The van der Waals surface area contributed by atoms with Crippen molar-refractivity contribution in [3.8, 4) is 5.75 Å². The van der Waals surface area contributed by atoms with Crippen molar-refractivity contribution in [1.29, 1.82) is 0 Å². The Hall–Kier alpha value is -6.72. The van der Waals surface area contributed by atoms with Crippen LogP contribution in [0.3, 0.4) is 0 Å². The second kappa shape index (κ2) is 41.4. The minimum Gasteiger partial charge on any atom is -0.370 e. The fourth-order valence-electron chi connectivity index (χ4n) is 9.84. The molecule has 0 aliphatic rings. The van der Waals surface area contributed by atoms with Gasteiger partial charge in [0.15, 0.2) is 5.78 Å². The van der Waals surface area contributed by atoms with Crippen LogP contribution in [-0.2, 0) is 64.0 Å². The van der Waals surface area contributed by atoms with E-state index in [1.807, 2.05) is 59.7 Å². The molecule has 0 aliphatic carbocycles. The Morgan fingerprint density at radius 1 is 0.506 bits per heavy atom. The minimum atomic E-state index is -1.41. The molecular weight excluding hydrogens is 1180 g/mol. The van der Waals surface area contributed by atoms with Crippen LogP contribution in [0.1, 0.15) is 150 Å². The molecule has 16 N–H and O–H groups in total. The number of phenolic OH excluding ortho intramolecular Hbond substituents is 1. The number of hydrogen-bond donors (Lipinski definition) is 11. The van der Waals surface area contributed by atoms with Crippen LogP contribution in [0.15, 0.2) is 54.6 Å².